The van der Waals surface area contributed by atoms with E-state index in [1.807, 2.05) is 0 Å². The Morgan fingerprint density at radius 2 is 1.90 bits per heavy atom. The van der Waals surface area contributed by atoms with Gasteiger partial charge in [-0.05, 0) is 37.9 Å². The van der Waals surface area contributed by atoms with E-state index in [1.54, 1.807) is 0 Å². The second-order valence-electron chi connectivity index (χ2n) is 5.66. The van der Waals surface area contributed by atoms with Crippen LogP contribution < -0.4 is 5.32 Å². The van der Waals surface area contributed by atoms with Crippen LogP contribution in [0.4, 0.5) is 5.69 Å². The molecule has 2 heterocycles. The van der Waals surface area contributed by atoms with Crippen molar-refractivity contribution < 1.29 is 13.3 Å². The van der Waals surface area contributed by atoms with Gasteiger partial charge in [0.2, 0.25) is 10.0 Å². The SMILES string of the molecule is Cc1c([N+](=O)[O-])cccc1S(=O)(=O)N1CC2CNCC2C1. The fourth-order valence-corrected chi connectivity index (χ4v) is 5.02. The number of hydrogen-bond donors (Lipinski definition) is 1. The summed E-state index contributed by atoms with van der Waals surface area (Å²) < 4.78 is 27.0. The van der Waals surface area contributed by atoms with Crippen molar-refractivity contribution in [3.8, 4) is 0 Å². The van der Waals surface area contributed by atoms with Crippen LogP contribution in [0.1, 0.15) is 5.56 Å². The number of nitro benzene ring substituents is 1. The lowest BCUT2D eigenvalue weighted by atomic mass is 10.0. The number of fused-ring (bicyclic) bond motifs is 1. The lowest BCUT2D eigenvalue weighted by Crippen LogP contribution is -2.32. The highest BCUT2D eigenvalue weighted by Crippen LogP contribution is 2.33. The third-order valence-electron chi connectivity index (χ3n) is 4.43. The Morgan fingerprint density at radius 1 is 1.29 bits per heavy atom. The number of rotatable bonds is 3. The Balaban J connectivity index is 1.96. The van der Waals surface area contributed by atoms with E-state index in [2.05, 4.69) is 5.32 Å². The molecule has 0 spiro atoms. The largest absolute Gasteiger partial charge is 0.316 e. The summed E-state index contributed by atoms with van der Waals surface area (Å²) in [4.78, 5) is 10.5. The number of hydrogen-bond acceptors (Lipinski definition) is 5. The number of nitro groups is 1. The van der Waals surface area contributed by atoms with Crippen LogP contribution in [0.25, 0.3) is 0 Å². The smallest absolute Gasteiger partial charge is 0.273 e. The molecular formula is C13H17N3O4S. The molecule has 114 valence electrons. The Morgan fingerprint density at radius 3 is 2.48 bits per heavy atom. The molecule has 7 nitrogen and oxygen atoms in total. The van der Waals surface area contributed by atoms with Gasteiger partial charge < -0.3 is 5.32 Å². The van der Waals surface area contributed by atoms with E-state index in [1.165, 1.54) is 29.4 Å². The maximum absolute atomic E-state index is 12.7. The quantitative estimate of drug-likeness (QED) is 0.656. The monoisotopic (exact) mass is 311 g/mol. The average molecular weight is 311 g/mol. The first kappa shape index (κ1) is 14.4. The number of nitrogens with zero attached hydrogens (tertiary/aromatic N) is 2. The summed E-state index contributed by atoms with van der Waals surface area (Å²) in [7, 11) is -3.67. The minimum Gasteiger partial charge on any atom is -0.316 e. The van der Waals surface area contributed by atoms with Gasteiger partial charge in [0.05, 0.1) is 9.82 Å². The van der Waals surface area contributed by atoms with Crippen molar-refractivity contribution in [3.05, 3.63) is 33.9 Å². The summed E-state index contributed by atoms with van der Waals surface area (Å²) in [6.07, 6.45) is 0. The second-order valence-corrected chi connectivity index (χ2v) is 7.56. The van der Waals surface area contributed by atoms with Crippen molar-refractivity contribution in [1.29, 1.82) is 0 Å². The molecule has 21 heavy (non-hydrogen) atoms. The molecule has 0 amide bonds. The minimum absolute atomic E-state index is 0.0460. The lowest BCUT2D eigenvalue weighted by molar-refractivity contribution is -0.385. The lowest BCUT2D eigenvalue weighted by Gasteiger charge is -2.18. The zero-order valence-electron chi connectivity index (χ0n) is 11.7. The van der Waals surface area contributed by atoms with E-state index in [0.717, 1.165) is 13.1 Å². The van der Waals surface area contributed by atoms with Gasteiger partial charge in [0.1, 0.15) is 0 Å². The molecule has 1 aromatic rings. The summed E-state index contributed by atoms with van der Waals surface area (Å²) in [5.41, 5.74) is 0.0508. The number of benzene rings is 1. The molecule has 2 atom stereocenters. The van der Waals surface area contributed by atoms with Crippen LogP contribution in [-0.4, -0.2) is 43.8 Å². The second kappa shape index (κ2) is 5.04. The van der Waals surface area contributed by atoms with Crippen LogP contribution in [0.5, 0.6) is 0 Å². The van der Waals surface area contributed by atoms with Crippen molar-refractivity contribution in [2.45, 2.75) is 11.8 Å². The van der Waals surface area contributed by atoms with Crippen LogP contribution in [-0.2, 0) is 10.0 Å². The van der Waals surface area contributed by atoms with E-state index in [9.17, 15) is 18.5 Å². The van der Waals surface area contributed by atoms with E-state index in [4.69, 9.17) is 0 Å². The van der Waals surface area contributed by atoms with Crippen LogP contribution in [0.2, 0.25) is 0 Å². The van der Waals surface area contributed by atoms with Crippen LogP contribution in [0.15, 0.2) is 23.1 Å². The average Bonchev–Trinajstić information content (AvgIpc) is 2.99. The minimum atomic E-state index is -3.67. The van der Waals surface area contributed by atoms with Gasteiger partial charge in [-0.2, -0.15) is 4.31 Å². The molecule has 2 aliphatic heterocycles. The van der Waals surface area contributed by atoms with Crippen LogP contribution in [0, 0.1) is 28.9 Å². The van der Waals surface area contributed by atoms with Crippen molar-refractivity contribution in [1.82, 2.24) is 9.62 Å². The molecule has 2 aliphatic rings. The molecule has 2 unspecified atom stereocenters. The fraction of sp³-hybridized carbons (Fsp3) is 0.538. The molecule has 0 aromatic heterocycles. The maximum Gasteiger partial charge on any atom is 0.273 e. The molecule has 0 radical (unpaired) electrons. The summed E-state index contributed by atoms with van der Waals surface area (Å²) in [5.74, 6) is 0.692. The van der Waals surface area contributed by atoms with Crippen LogP contribution in [0.3, 0.4) is 0 Å². The van der Waals surface area contributed by atoms with Gasteiger partial charge >= 0.3 is 0 Å². The highest BCUT2D eigenvalue weighted by atomic mass is 32.2. The summed E-state index contributed by atoms with van der Waals surface area (Å²) in [6, 6.07) is 4.21. The first-order valence-corrected chi connectivity index (χ1v) is 8.30. The molecule has 8 heteroatoms. The third kappa shape index (κ3) is 2.33. The predicted octanol–water partition coefficient (Wildman–Crippen LogP) is 0.743. The molecule has 3 rings (SSSR count). The van der Waals surface area contributed by atoms with Gasteiger partial charge in [0, 0.05) is 24.7 Å². The van der Waals surface area contributed by atoms with Crippen LogP contribution >= 0.6 is 0 Å². The number of sulfonamides is 1. The molecule has 1 N–H and O–H groups in total. The molecule has 1 aromatic carbocycles. The first-order chi connectivity index (χ1) is 9.91. The van der Waals surface area contributed by atoms with Crippen molar-refractivity contribution >= 4 is 15.7 Å². The van der Waals surface area contributed by atoms with E-state index >= 15 is 0 Å². The van der Waals surface area contributed by atoms with Gasteiger partial charge in [0.25, 0.3) is 5.69 Å². The molecule has 2 saturated heterocycles. The Bertz CT molecular complexity index is 677. The maximum atomic E-state index is 12.7. The van der Waals surface area contributed by atoms with Gasteiger partial charge in [-0.1, -0.05) is 6.07 Å². The Hall–Kier alpha value is -1.51. The normalized spacial score (nSPS) is 26.0. The highest BCUT2D eigenvalue weighted by Gasteiger charge is 2.42. The molecule has 0 saturated carbocycles. The van der Waals surface area contributed by atoms with E-state index in [-0.39, 0.29) is 16.1 Å². The van der Waals surface area contributed by atoms with Gasteiger partial charge in [-0.3, -0.25) is 10.1 Å². The topological polar surface area (TPSA) is 92.5 Å². The van der Waals surface area contributed by atoms with E-state index in [0.29, 0.717) is 24.9 Å². The highest BCUT2D eigenvalue weighted by molar-refractivity contribution is 7.89. The Kier molecular flexibility index (Phi) is 3.46. The van der Waals surface area contributed by atoms with Crippen molar-refractivity contribution in [3.63, 3.8) is 0 Å². The Labute approximate surface area is 123 Å². The molecule has 0 aliphatic carbocycles. The molecular weight excluding hydrogens is 294 g/mol. The summed E-state index contributed by atoms with van der Waals surface area (Å²) in [5, 5.41) is 14.2. The third-order valence-corrected chi connectivity index (χ3v) is 6.40. The number of nitrogens with one attached hydrogen (secondary N) is 1. The molecule has 2 fully saturated rings. The molecule has 0 bridgehead atoms. The summed E-state index contributed by atoms with van der Waals surface area (Å²) >= 11 is 0. The zero-order chi connectivity index (χ0) is 15.2. The van der Waals surface area contributed by atoms with Gasteiger partial charge in [-0.25, -0.2) is 8.42 Å². The standard InChI is InChI=1S/C13H17N3O4S/c1-9-12(16(17)18)3-2-4-13(9)21(19,20)15-7-10-5-14-6-11(10)8-15/h2-4,10-11,14H,5-8H2,1H3. The first-order valence-electron chi connectivity index (χ1n) is 6.86. The van der Waals surface area contributed by atoms with Crippen molar-refractivity contribution in [2.75, 3.05) is 26.2 Å². The van der Waals surface area contributed by atoms with Gasteiger partial charge in [0.15, 0.2) is 0 Å². The van der Waals surface area contributed by atoms with Crippen molar-refractivity contribution in [2.24, 2.45) is 11.8 Å². The van der Waals surface area contributed by atoms with E-state index < -0.39 is 14.9 Å². The fourth-order valence-electron chi connectivity index (χ4n) is 3.23. The zero-order valence-corrected chi connectivity index (χ0v) is 12.5. The summed E-state index contributed by atoms with van der Waals surface area (Å²) in [6.45, 7) is 4.14. The van der Waals surface area contributed by atoms with Gasteiger partial charge in [-0.15, -0.1) is 0 Å². The predicted molar refractivity (Wildman–Crippen MR) is 76.4 cm³/mol.